The Bertz CT molecular complexity index is 667. The minimum absolute atomic E-state index is 0.0456. The number of nitrogens with zero attached hydrogens (tertiary/aromatic N) is 2. The van der Waals surface area contributed by atoms with Gasteiger partial charge in [0.25, 0.3) is 0 Å². The fourth-order valence-corrected chi connectivity index (χ4v) is 2.76. The van der Waals surface area contributed by atoms with Crippen LogP contribution >= 0.6 is 11.6 Å². The Kier molecular flexibility index (Phi) is 4.40. The number of halogens is 2. The van der Waals surface area contributed by atoms with Crippen molar-refractivity contribution in [2.75, 3.05) is 25.8 Å². The number of hydrogen-bond acceptors (Lipinski definition) is 5. The second-order valence-corrected chi connectivity index (χ2v) is 5.18. The summed E-state index contributed by atoms with van der Waals surface area (Å²) >= 11 is 6.02. The maximum atomic E-state index is 12.2. The zero-order valence-corrected chi connectivity index (χ0v) is 12.7. The highest BCUT2D eigenvalue weighted by molar-refractivity contribution is 6.28. The molecule has 116 valence electrons. The van der Waals surface area contributed by atoms with Gasteiger partial charge in [0.05, 0.1) is 24.8 Å². The van der Waals surface area contributed by atoms with E-state index in [9.17, 15) is 4.39 Å². The summed E-state index contributed by atoms with van der Waals surface area (Å²) in [5.41, 5.74) is 2.77. The molecule has 0 saturated heterocycles. The molecule has 2 heterocycles. The summed E-state index contributed by atoms with van der Waals surface area (Å²) in [5, 5.41) is 3.22. The molecule has 1 unspecified atom stereocenters. The summed E-state index contributed by atoms with van der Waals surface area (Å²) < 4.78 is 22.7. The number of hydrogen-bond donors (Lipinski definition) is 1. The molecule has 0 amide bonds. The van der Waals surface area contributed by atoms with E-state index >= 15 is 0 Å². The highest BCUT2D eigenvalue weighted by atomic mass is 35.5. The summed E-state index contributed by atoms with van der Waals surface area (Å²) in [6.45, 7) is 0.109. The SMILES string of the molecule is CNc1nc(Cl)nc2c1COCC2c1ccc(OCF)cc1. The van der Waals surface area contributed by atoms with Crippen molar-refractivity contribution < 1.29 is 13.9 Å². The van der Waals surface area contributed by atoms with Gasteiger partial charge in [-0.1, -0.05) is 12.1 Å². The highest BCUT2D eigenvalue weighted by Crippen LogP contribution is 2.35. The van der Waals surface area contributed by atoms with E-state index in [1.165, 1.54) is 0 Å². The Balaban J connectivity index is 1.99. The van der Waals surface area contributed by atoms with Crippen molar-refractivity contribution in [3.05, 3.63) is 46.4 Å². The molecular formula is C15H15ClFN3O2. The van der Waals surface area contributed by atoms with Crippen LogP contribution < -0.4 is 10.1 Å². The van der Waals surface area contributed by atoms with Crippen LogP contribution in [0.1, 0.15) is 22.7 Å². The Hall–Kier alpha value is -1.92. The lowest BCUT2D eigenvalue weighted by Gasteiger charge is -2.26. The topological polar surface area (TPSA) is 56.3 Å². The molecule has 0 radical (unpaired) electrons. The van der Waals surface area contributed by atoms with Crippen LogP contribution in [0.5, 0.6) is 5.75 Å². The number of alkyl halides is 1. The third-order valence-electron chi connectivity index (χ3n) is 3.61. The number of anilines is 1. The summed E-state index contributed by atoms with van der Waals surface area (Å²) in [6.07, 6.45) is 0. The van der Waals surface area contributed by atoms with E-state index in [2.05, 4.69) is 15.3 Å². The number of ether oxygens (including phenoxy) is 2. The van der Waals surface area contributed by atoms with Crippen molar-refractivity contribution in [1.82, 2.24) is 9.97 Å². The van der Waals surface area contributed by atoms with Crippen LogP contribution in [0.4, 0.5) is 10.2 Å². The van der Waals surface area contributed by atoms with Crippen molar-refractivity contribution in [3.8, 4) is 5.75 Å². The molecule has 1 aromatic heterocycles. The van der Waals surface area contributed by atoms with Crippen LogP contribution in [0.2, 0.25) is 5.28 Å². The van der Waals surface area contributed by atoms with Gasteiger partial charge >= 0.3 is 0 Å². The summed E-state index contributed by atoms with van der Waals surface area (Å²) in [4.78, 5) is 8.56. The predicted octanol–water partition coefficient (Wildman–Crippen LogP) is 3.14. The fraction of sp³-hybridized carbons (Fsp3) is 0.333. The van der Waals surface area contributed by atoms with Crippen molar-refractivity contribution in [3.63, 3.8) is 0 Å². The Morgan fingerprint density at radius 1 is 1.36 bits per heavy atom. The molecule has 1 aliphatic rings. The zero-order valence-electron chi connectivity index (χ0n) is 12.0. The highest BCUT2D eigenvalue weighted by Gasteiger charge is 2.27. The second-order valence-electron chi connectivity index (χ2n) is 4.85. The molecule has 22 heavy (non-hydrogen) atoms. The van der Waals surface area contributed by atoms with Crippen LogP contribution in [0.3, 0.4) is 0 Å². The minimum atomic E-state index is -0.844. The van der Waals surface area contributed by atoms with E-state index in [1.54, 1.807) is 19.2 Å². The molecule has 1 N–H and O–H groups in total. The number of rotatable bonds is 4. The fourth-order valence-electron chi connectivity index (χ4n) is 2.58. The van der Waals surface area contributed by atoms with Crippen LogP contribution in [0.15, 0.2) is 24.3 Å². The monoisotopic (exact) mass is 323 g/mol. The average molecular weight is 324 g/mol. The van der Waals surface area contributed by atoms with Gasteiger partial charge in [-0.15, -0.1) is 0 Å². The molecule has 5 nitrogen and oxygen atoms in total. The first kappa shape index (κ1) is 15.0. The first-order chi connectivity index (χ1) is 10.7. The quantitative estimate of drug-likeness (QED) is 0.876. The van der Waals surface area contributed by atoms with Crippen LogP contribution in [-0.4, -0.2) is 30.5 Å². The van der Waals surface area contributed by atoms with Gasteiger partial charge in [-0.25, -0.2) is 14.4 Å². The lowest BCUT2D eigenvalue weighted by atomic mass is 9.91. The van der Waals surface area contributed by atoms with Gasteiger partial charge in [-0.3, -0.25) is 0 Å². The summed E-state index contributed by atoms with van der Waals surface area (Å²) in [6, 6.07) is 7.21. The van der Waals surface area contributed by atoms with Crippen molar-refractivity contribution in [2.45, 2.75) is 12.5 Å². The molecule has 7 heteroatoms. The van der Waals surface area contributed by atoms with Gasteiger partial charge in [-0.2, -0.15) is 0 Å². The van der Waals surface area contributed by atoms with Gasteiger partial charge in [0, 0.05) is 12.6 Å². The van der Waals surface area contributed by atoms with Crippen molar-refractivity contribution >= 4 is 17.4 Å². The van der Waals surface area contributed by atoms with Crippen LogP contribution in [0, 0.1) is 0 Å². The molecule has 0 bridgehead atoms. The average Bonchev–Trinajstić information content (AvgIpc) is 2.54. The molecule has 1 atom stereocenters. The van der Waals surface area contributed by atoms with Gasteiger partial charge < -0.3 is 14.8 Å². The summed E-state index contributed by atoms with van der Waals surface area (Å²) in [5.74, 6) is 1.12. The maximum absolute atomic E-state index is 12.2. The van der Waals surface area contributed by atoms with Gasteiger partial charge in [0.15, 0.2) is 0 Å². The van der Waals surface area contributed by atoms with Gasteiger partial charge in [0.2, 0.25) is 12.1 Å². The zero-order chi connectivity index (χ0) is 15.5. The van der Waals surface area contributed by atoms with Gasteiger partial charge in [0.1, 0.15) is 11.6 Å². The van der Waals surface area contributed by atoms with E-state index in [0.29, 0.717) is 24.8 Å². The predicted molar refractivity (Wildman–Crippen MR) is 81.1 cm³/mol. The largest absolute Gasteiger partial charge is 0.463 e. The third kappa shape index (κ3) is 2.84. The van der Waals surface area contributed by atoms with E-state index < -0.39 is 6.86 Å². The van der Waals surface area contributed by atoms with E-state index in [4.69, 9.17) is 21.1 Å². The van der Waals surface area contributed by atoms with Crippen molar-refractivity contribution in [2.24, 2.45) is 0 Å². The van der Waals surface area contributed by atoms with E-state index in [0.717, 1.165) is 16.8 Å². The van der Waals surface area contributed by atoms with Crippen molar-refractivity contribution in [1.29, 1.82) is 0 Å². The second kappa shape index (κ2) is 6.46. The third-order valence-corrected chi connectivity index (χ3v) is 3.78. The number of fused-ring (bicyclic) bond motifs is 1. The lowest BCUT2D eigenvalue weighted by molar-refractivity contribution is 0.0977. The van der Waals surface area contributed by atoms with Crippen LogP contribution in [-0.2, 0) is 11.3 Å². The summed E-state index contributed by atoms with van der Waals surface area (Å²) in [7, 11) is 1.78. The lowest BCUT2D eigenvalue weighted by Crippen LogP contribution is -2.21. The Morgan fingerprint density at radius 3 is 2.82 bits per heavy atom. The standard InChI is InChI=1S/C15H15ClFN3O2/c1-18-14-12-7-21-6-11(13(12)19-15(16)20-14)9-2-4-10(5-3-9)22-8-17/h2-5,11H,6-8H2,1H3,(H,18,19,20). The number of benzene rings is 1. The molecule has 3 rings (SSSR count). The molecule has 0 saturated carbocycles. The Labute approximate surface area is 132 Å². The smallest absolute Gasteiger partial charge is 0.228 e. The number of nitrogens with one attached hydrogen (secondary N) is 1. The molecule has 0 spiro atoms. The van der Waals surface area contributed by atoms with Crippen LogP contribution in [0.25, 0.3) is 0 Å². The maximum Gasteiger partial charge on any atom is 0.228 e. The van der Waals surface area contributed by atoms with E-state index in [1.807, 2.05) is 12.1 Å². The first-order valence-electron chi connectivity index (χ1n) is 6.83. The number of aromatic nitrogens is 2. The molecule has 0 aliphatic carbocycles. The first-order valence-corrected chi connectivity index (χ1v) is 7.21. The molecule has 0 fully saturated rings. The molecule has 1 aromatic carbocycles. The molecule has 1 aliphatic heterocycles. The normalized spacial score (nSPS) is 17.0. The van der Waals surface area contributed by atoms with E-state index in [-0.39, 0.29) is 11.2 Å². The van der Waals surface area contributed by atoms with Gasteiger partial charge in [-0.05, 0) is 29.3 Å². The molecular weight excluding hydrogens is 309 g/mol. The minimum Gasteiger partial charge on any atom is -0.463 e. The Morgan fingerprint density at radius 2 is 2.14 bits per heavy atom. The molecule has 2 aromatic rings.